The number of hydrogen-bond acceptors (Lipinski definition) is 2. The molecule has 2 fully saturated rings. The van der Waals surface area contributed by atoms with Gasteiger partial charge in [-0.2, -0.15) is 0 Å². The van der Waals surface area contributed by atoms with Crippen molar-refractivity contribution in [2.75, 3.05) is 23.7 Å². The van der Waals surface area contributed by atoms with E-state index in [0.29, 0.717) is 0 Å². The van der Waals surface area contributed by atoms with E-state index in [9.17, 15) is 9.59 Å². The van der Waals surface area contributed by atoms with Crippen molar-refractivity contribution in [1.29, 1.82) is 0 Å². The number of amides is 3. The highest BCUT2D eigenvalue weighted by atomic mass is 16.2. The maximum atomic E-state index is 12.0. The van der Waals surface area contributed by atoms with Gasteiger partial charge in [-0.1, -0.05) is 12.5 Å². The Morgan fingerprint density at radius 1 is 1.00 bits per heavy atom. The van der Waals surface area contributed by atoms with Gasteiger partial charge in [0.05, 0.1) is 0 Å². The molecule has 5 nitrogen and oxygen atoms in total. The highest BCUT2D eigenvalue weighted by molar-refractivity contribution is 5.95. The maximum absolute atomic E-state index is 12.0. The Morgan fingerprint density at radius 2 is 1.67 bits per heavy atom. The standard InChI is InChI=1S/C16H21N3O2/c20-15(12-5-3-6-12)17-13-7-4-8-14(11-13)18-16(21)19-9-1-2-10-19/h4,7-8,11-12H,1-3,5-6,9-10H2,(H,17,20)(H,18,21). The summed E-state index contributed by atoms with van der Waals surface area (Å²) < 4.78 is 0. The van der Waals surface area contributed by atoms with Crippen LogP contribution in [0.1, 0.15) is 32.1 Å². The second-order valence-corrected chi connectivity index (χ2v) is 5.82. The molecule has 1 aromatic carbocycles. The zero-order chi connectivity index (χ0) is 14.7. The lowest BCUT2D eigenvalue weighted by Gasteiger charge is -2.24. The van der Waals surface area contributed by atoms with E-state index in [1.807, 2.05) is 29.2 Å². The van der Waals surface area contributed by atoms with Crippen LogP contribution in [0.25, 0.3) is 0 Å². The van der Waals surface area contributed by atoms with Crippen molar-refractivity contribution in [3.05, 3.63) is 24.3 Å². The van der Waals surface area contributed by atoms with Crippen LogP contribution in [-0.2, 0) is 4.79 Å². The Balaban J connectivity index is 1.59. The number of nitrogens with zero attached hydrogens (tertiary/aromatic N) is 1. The predicted molar refractivity (Wildman–Crippen MR) is 82.2 cm³/mol. The summed E-state index contributed by atoms with van der Waals surface area (Å²) in [5.74, 6) is 0.247. The van der Waals surface area contributed by atoms with E-state index in [4.69, 9.17) is 0 Å². The highest BCUT2D eigenvalue weighted by Gasteiger charge is 2.25. The molecule has 2 N–H and O–H groups in total. The van der Waals surface area contributed by atoms with Gasteiger partial charge in [0.15, 0.2) is 0 Å². The summed E-state index contributed by atoms with van der Waals surface area (Å²) in [6.45, 7) is 1.65. The van der Waals surface area contributed by atoms with Crippen LogP contribution in [0.3, 0.4) is 0 Å². The second-order valence-electron chi connectivity index (χ2n) is 5.82. The Labute approximate surface area is 124 Å². The van der Waals surface area contributed by atoms with Gasteiger partial charge in [0.25, 0.3) is 0 Å². The molecule has 1 heterocycles. The number of carbonyl (C=O) groups excluding carboxylic acids is 2. The van der Waals surface area contributed by atoms with E-state index >= 15 is 0 Å². The molecule has 0 aromatic heterocycles. The quantitative estimate of drug-likeness (QED) is 0.897. The monoisotopic (exact) mass is 287 g/mol. The van der Waals surface area contributed by atoms with Gasteiger partial charge in [0.1, 0.15) is 0 Å². The molecule has 0 spiro atoms. The molecule has 1 aliphatic heterocycles. The topological polar surface area (TPSA) is 61.4 Å². The van der Waals surface area contributed by atoms with Gasteiger partial charge in [0.2, 0.25) is 5.91 Å². The Morgan fingerprint density at radius 3 is 2.29 bits per heavy atom. The summed E-state index contributed by atoms with van der Waals surface area (Å²) in [5.41, 5.74) is 1.46. The SMILES string of the molecule is O=C(Nc1cccc(NC(=O)N2CCCC2)c1)C1CCC1. The van der Waals surface area contributed by atoms with Crippen LogP contribution >= 0.6 is 0 Å². The molecular formula is C16H21N3O2. The first-order valence-corrected chi connectivity index (χ1v) is 7.69. The molecule has 0 radical (unpaired) electrons. The van der Waals surface area contributed by atoms with Crippen molar-refractivity contribution in [3.8, 4) is 0 Å². The van der Waals surface area contributed by atoms with Crippen LogP contribution in [0.15, 0.2) is 24.3 Å². The molecule has 0 bridgehead atoms. The maximum Gasteiger partial charge on any atom is 0.321 e. The van der Waals surface area contributed by atoms with E-state index in [-0.39, 0.29) is 17.9 Å². The number of likely N-dealkylation sites (tertiary alicyclic amines) is 1. The molecule has 1 aromatic rings. The summed E-state index contributed by atoms with van der Waals surface area (Å²) >= 11 is 0. The Hall–Kier alpha value is -2.04. The van der Waals surface area contributed by atoms with E-state index in [1.54, 1.807) is 0 Å². The second kappa shape index (κ2) is 6.16. The lowest BCUT2D eigenvalue weighted by atomic mass is 9.85. The van der Waals surface area contributed by atoms with Crippen LogP contribution in [-0.4, -0.2) is 29.9 Å². The minimum Gasteiger partial charge on any atom is -0.326 e. The zero-order valence-corrected chi connectivity index (χ0v) is 12.1. The molecule has 2 aliphatic rings. The van der Waals surface area contributed by atoms with Gasteiger partial charge in [-0.05, 0) is 43.9 Å². The van der Waals surface area contributed by atoms with Crippen molar-refractivity contribution in [2.24, 2.45) is 5.92 Å². The van der Waals surface area contributed by atoms with Gasteiger partial charge >= 0.3 is 6.03 Å². The van der Waals surface area contributed by atoms with Crippen molar-refractivity contribution >= 4 is 23.3 Å². The lowest BCUT2D eigenvalue weighted by molar-refractivity contribution is -0.122. The van der Waals surface area contributed by atoms with E-state index < -0.39 is 0 Å². The third-order valence-corrected chi connectivity index (χ3v) is 4.25. The molecular weight excluding hydrogens is 266 g/mol. The largest absolute Gasteiger partial charge is 0.326 e. The van der Waals surface area contributed by atoms with Crippen LogP contribution < -0.4 is 10.6 Å². The van der Waals surface area contributed by atoms with Gasteiger partial charge < -0.3 is 15.5 Å². The minimum atomic E-state index is -0.0602. The van der Waals surface area contributed by atoms with Crippen molar-refractivity contribution in [1.82, 2.24) is 4.90 Å². The fourth-order valence-corrected chi connectivity index (χ4v) is 2.71. The van der Waals surface area contributed by atoms with E-state index in [1.165, 1.54) is 0 Å². The van der Waals surface area contributed by atoms with Crippen molar-refractivity contribution in [2.45, 2.75) is 32.1 Å². The predicted octanol–water partition coefficient (Wildman–Crippen LogP) is 3.05. The molecule has 3 rings (SSSR count). The smallest absolute Gasteiger partial charge is 0.321 e. The molecule has 21 heavy (non-hydrogen) atoms. The number of anilines is 2. The van der Waals surface area contributed by atoms with Crippen LogP contribution in [0, 0.1) is 5.92 Å². The number of hydrogen-bond donors (Lipinski definition) is 2. The van der Waals surface area contributed by atoms with Crippen LogP contribution in [0.2, 0.25) is 0 Å². The third kappa shape index (κ3) is 3.35. The zero-order valence-electron chi connectivity index (χ0n) is 12.1. The first-order chi connectivity index (χ1) is 10.2. The number of rotatable bonds is 3. The minimum absolute atomic E-state index is 0.0602. The molecule has 0 unspecified atom stereocenters. The molecule has 5 heteroatoms. The Kier molecular flexibility index (Phi) is 4.08. The summed E-state index contributed by atoms with van der Waals surface area (Å²) in [7, 11) is 0. The lowest BCUT2D eigenvalue weighted by Crippen LogP contribution is -2.32. The van der Waals surface area contributed by atoms with Crippen molar-refractivity contribution in [3.63, 3.8) is 0 Å². The van der Waals surface area contributed by atoms with Gasteiger partial charge in [-0.3, -0.25) is 4.79 Å². The number of nitrogens with one attached hydrogen (secondary N) is 2. The number of carbonyl (C=O) groups is 2. The normalized spacial score (nSPS) is 18.2. The number of urea groups is 1. The van der Waals surface area contributed by atoms with Gasteiger partial charge in [0, 0.05) is 30.4 Å². The first kappa shape index (κ1) is 13.9. The van der Waals surface area contributed by atoms with E-state index in [2.05, 4.69) is 10.6 Å². The van der Waals surface area contributed by atoms with Crippen LogP contribution in [0.4, 0.5) is 16.2 Å². The van der Waals surface area contributed by atoms with Gasteiger partial charge in [-0.15, -0.1) is 0 Å². The fraction of sp³-hybridized carbons (Fsp3) is 0.500. The molecule has 3 amide bonds. The highest BCUT2D eigenvalue weighted by Crippen LogP contribution is 2.28. The molecule has 0 atom stereocenters. The molecule has 1 saturated carbocycles. The molecule has 1 saturated heterocycles. The van der Waals surface area contributed by atoms with Crippen LogP contribution in [0.5, 0.6) is 0 Å². The summed E-state index contributed by atoms with van der Waals surface area (Å²) in [5, 5.41) is 5.81. The Bertz CT molecular complexity index is 534. The average Bonchev–Trinajstić information content (AvgIpc) is 2.90. The number of benzene rings is 1. The summed E-state index contributed by atoms with van der Waals surface area (Å²) in [4.78, 5) is 25.8. The van der Waals surface area contributed by atoms with E-state index in [0.717, 1.165) is 56.6 Å². The van der Waals surface area contributed by atoms with Crippen molar-refractivity contribution < 1.29 is 9.59 Å². The summed E-state index contributed by atoms with van der Waals surface area (Å²) in [6, 6.07) is 7.28. The molecule has 1 aliphatic carbocycles. The average molecular weight is 287 g/mol. The first-order valence-electron chi connectivity index (χ1n) is 7.69. The fourth-order valence-electron chi connectivity index (χ4n) is 2.71. The third-order valence-electron chi connectivity index (χ3n) is 4.25. The molecule has 112 valence electrons. The van der Waals surface area contributed by atoms with Gasteiger partial charge in [-0.25, -0.2) is 4.79 Å². The summed E-state index contributed by atoms with van der Waals surface area (Å²) in [6.07, 6.45) is 5.26.